The van der Waals surface area contributed by atoms with Gasteiger partial charge in [0.05, 0.1) is 24.2 Å². The summed E-state index contributed by atoms with van der Waals surface area (Å²) in [5, 5.41) is 5.21. The lowest BCUT2D eigenvalue weighted by Gasteiger charge is -2.10. The minimum Gasteiger partial charge on any atom is -0.341 e. The van der Waals surface area contributed by atoms with Gasteiger partial charge in [0.25, 0.3) is 5.91 Å². The van der Waals surface area contributed by atoms with Gasteiger partial charge in [-0.25, -0.2) is 4.39 Å². The van der Waals surface area contributed by atoms with Crippen molar-refractivity contribution in [3.8, 4) is 12.3 Å². The van der Waals surface area contributed by atoms with Gasteiger partial charge in [0.15, 0.2) is 0 Å². The van der Waals surface area contributed by atoms with Crippen LogP contribution in [0.3, 0.4) is 0 Å². The fraction of sp³-hybridized carbons (Fsp3) is 0.111. The molecule has 0 atom stereocenters. The maximum absolute atomic E-state index is 13.1. The number of terminal acetylenes is 1. The molecule has 0 spiro atoms. The Morgan fingerprint density at radius 3 is 2.65 bits per heavy atom. The van der Waals surface area contributed by atoms with E-state index in [1.165, 1.54) is 12.1 Å². The molecule has 0 saturated carbocycles. The first-order chi connectivity index (χ1) is 11.1. The Morgan fingerprint density at radius 1 is 1.13 bits per heavy atom. The lowest BCUT2D eigenvalue weighted by Crippen LogP contribution is -2.25. The number of anilines is 1. The molecule has 2 aromatic carbocycles. The molecular weight excluding hydrogens is 295 g/mol. The van der Waals surface area contributed by atoms with Gasteiger partial charge in [0.2, 0.25) is 5.91 Å². The topological polar surface area (TPSA) is 58.2 Å². The third-order valence-corrected chi connectivity index (χ3v) is 3.05. The van der Waals surface area contributed by atoms with E-state index in [0.29, 0.717) is 16.8 Å². The number of rotatable bonds is 5. The van der Waals surface area contributed by atoms with Crippen molar-refractivity contribution in [3.63, 3.8) is 0 Å². The van der Waals surface area contributed by atoms with Crippen LogP contribution in [-0.4, -0.2) is 18.4 Å². The Bertz CT molecular complexity index is 766. The maximum atomic E-state index is 13.1. The van der Waals surface area contributed by atoms with Crippen LogP contribution in [0.25, 0.3) is 0 Å². The van der Waals surface area contributed by atoms with E-state index in [2.05, 4.69) is 16.6 Å². The largest absolute Gasteiger partial charge is 0.341 e. The quantitative estimate of drug-likeness (QED) is 0.833. The Labute approximate surface area is 133 Å². The molecule has 4 nitrogen and oxygen atoms in total. The number of hydrogen-bond acceptors (Lipinski definition) is 2. The summed E-state index contributed by atoms with van der Waals surface area (Å²) in [6.07, 6.45) is 5.12. The molecule has 5 heteroatoms. The summed E-state index contributed by atoms with van der Waals surface area (Å²) < 4.78 is 13.1. The maximum Gasteiger partial charge on any atom is 0.254 e. The first-order valence-electron chi connectivity index (χ1n) is 6.95. The van der Waals surface area contributed by atoms with Crippen LogP contribution in [0.2, 0.25) is 0 Å². The predicted molar refractivity (Wildman–Crippen MR) is 86.3 cm³/mol. The number of halogens is 1. The van der Waals surface area contributed by atoms with E-state index < -0.39 is 5.82 Å². The lowest BCUT2D eigenvalue weighted by molar-refractivity contribution is -0.115. The molecule has 0 aliphatic heterocycles. The van der Waals surface area contributed by atoms with E-state index in [1.807, 2.05) is 0 Å². The molecule has 0 radical (unpaired) electrons. The van der Waals surface area contributed by atoms with Crippen LogP contribution in [-0.2, 0) is 11.2 Å². The highest BCUT2D eigenvalue weighted by Gasteiger charge is 2.12. The van der Waals surface area contributed by atoms with Crippen LogP contribution in [0.1, 0.15) is 15.9 Å². The van der Waals surface area contributed by atoms with Gasteiger partial charge in [-0.3, -0.25) is 9.59 Å². The number of carbonyl (C=O) groups is 2. The summed E-state index contributed by atoms with van der Waals surface area (Å²) in [4.78, 5) is 24.1. The molecule has 0 aliphatic rings. The van der Waals surface area contributed by atoms with Crippen molar-refractivity contribution in [2.24, 2.45) is 0 Å². The van der Waals surface area contributed by atoms with Crippen LogP contribution in [0.4, 0.5) is 10.1 Å². The molecule has 2 aromatic rings. The van der Waals surface area contributed by atoms with E-state index in [4.69, 9.17) is 6.42 Å². The molecule has 0 bridgehead atoms. The molecule has 23 heavy (non-hydrogen) atoms. The normalized spacial score (nSPS) is 9.74. The minimum absolute atomic E-state index is 0.0120. The smallest absolute Gasteiger partial charge is 0.254 e. The van der Waals surface area contributed by atoms with Crippen molar-refractivity contribution in [3.05, 3.63) is 65.5 Å². The number of carbonyl (C=O) groups excluding carboxylic acids is 2. The lowest BCUT2D eigenvalue weighted by atomic mass is 10.1. The second-order valence-electron chi connectivity index (χ2n) is 4.79. The number of amides is 2. The number of para-hydroxylation sites is 1. The zero-order valence-corrected chi connectivity index (χ0v) is 12.3. The van der Waals surface area contributed by atoms with Crippen molar-refractivity contribution < 1.29 is 14.0 Å². The third kappa shape index (κ3) is 4.68. The average molecular weight is 310 g/mol. The van der Waals surface area contributed by atoms with E-state index in [9.17, 15) is 14.0 Å². The molecule has 2 rings (SSSR count). The summed E-state index contributed by atoms with van der Waals surface area (Å²) in [6.45, 7) is 0.102. The van der Waals surface area contributed by atoms with E-state index in [1.54, 1.807) is 36.4 Å². The van der Waals surface area contributed by atoms with Crippen LogP contribution in [0.15, 0.2) is 48.5 Å². The summed E-state index contributed by atoms with van der Waals surface area (Å²) in [5.41, 5.74) is 1.25. The number of hydrogen-bond donors (Lipinski definition) is 2. The Hall–Kier alpha value is -3.13. The standard InChI is InChI=1S/C18H15FN2O2/c1-2-10-20-18(23)15-8-3-4-9-16(15)21-17(22)12-13-6-5-7-14(19)11-13/h1,3-9,11H,10,12H2,(H,20,23)(H,21,22). The summed E-state index contributed by atoms with van der Waals surface area (Å²) in [5.74, 6) is 1.20. The van der Waals surface area contributed by atoms with Gasteiger partial charge in [0, 0.05) is 0 Å². The first-order valence-corrected chi connectivity index (χ1v) is 6.95. The van der Waals surface area contributed by atoms with Crippen molar-refractivity contribution in [1.29, 1.82) is 0 Å². The van der Waals surface area contributed by atoms with Gasteiger partial charge in [-0.15, -0.1) is 6.42 Å². The molecule has 0 aromatic heterocycles. The van der Waals surface area contributed by atoms with Gasteiger partial charge >= 0.3 is 0 Å². The Balaban J connectivity index is 2.09. The first kappa shape index (κ1) is 16.2. The van der Waals surface area contributed by atoms with Gasteiger partial charge in [-0.1, -0.05) is 30.2 Å². The Morgan fingerprint density at radius 2 is 1.91 bits per heavy atom. The zero-order chi connectivity index (χ0) is 16.7. The fourth-order valence-electron chi connectivity index (χ4n) is 2.04. The monoisotopic (exact) mass is 310 g/mol. The van der Waals surface area contributed by atoms with Gasteiger partial charge in [-0.05, 0) is 29.8 Å². The summed E-state index contributed by atoms with van der Waals surface area (Å²) >= 11 is 0. The highest BCUT2D eigenvalue weighted by atomic mass is 19.1. The average Bonchev–Trinajstić information content (AvgIpc) is 2.53. The van der Waals surface area contributed by atoms with Crippen LogP contribution >= 0.6 is 0 Å². The van der Waals surface area contributed by atoms with E-state index in [-0.39, 0.29) is 24.8 Å². The third-order valence-electron chi connectivity index (χ3n) is 3.05. The van der Waals surface area contributed by atoms with Gasteiger partial charge < -0.3 is 10.6 Å². The van der Waals surface area contributed by atoms with Crippen LogP contribution < -0.4 is 10.6 Å². The van der Waals surface area contributed by atoms with Crippen molar-refractivity contribution in [2.75, 3.05) is 11.9 Å². The number of nitrogens with one attached hydrogen (secondary N) is 2. The Kier molecular flexibility index (Phi) is 5.48. The molecule has 0 aliphatic carbocycles. The van der Waals surface area contributed by atoms with Crippen LogP contribution in [0.5, 0.6) is 0 Å². The highest BCUT2D eigenvalue weighted by molar-refractivity contribution is 6.04. The summed E-state index contributed by atoms with van der Waals surface area (Å²) in [6, 6.07) is 12.4. The van der Waals surface area contributed by atoms with Crippen LogP contribution in [0, 0.1) is 18.2 Å². The van der Waals surface area contributed by atoms with E-state index in [0.717, 1.165) is 0 Å². The SMILES string of the molecule is C#CCNC(=O)c1ccccc1NC(=O)Cc1cccc(F)c1. The fourth-order valence-corrected chi connectivity index (χ4v) is 2.04. The number of benzene rings is 2. The molecule has 0 heterocycles. The van der Waals surface area contributed by atoms with Crippen molar-refractivity contribution in [2.45, 2.75) is 6.42 Å². The second kappa shape index (κ2) is 7.76. The van der Waals surface area contributed by atoms with Gasteiger partial charge in [0.1, 0.15) is 5.82 Å². The van der Waals surface area contributed by atoms with Gasteiger partial charge in [-0.2, -0.15) is 0 Å². The molecule has 2 amide bonds. The highest BCUT2D eigenvalue weighted by Crippen LogP contribution is 2.15. The molecule has 0 saturated heterocycles. The zero-order valence-electron chi connectivity index (χ0n) is 12.3. The van der Waals surface area contributed by atoms with Crippen molar-refractivity contribution >= 4 is 17.5 Å². The van der Waals surface area contributed by atoms with E-state index >= 15 is 0 Å². The molecule has 0 fully saturated rings. The second-order valence-corrected chi connectivity index (χ2v) is 4.79. The molecule has 0 unspecified atom stereocenters. The summed E-state index contributed by atoms with van der Waals surface area (Å²) in [7, 11) is 0. The molecule has 116 valence electrons. The predicted octanol–water partition coefficient (Wildman–Crippen LogP) is 2.37. The molecular formula is C18H15FN2O2. The molecule has 2 N–H and O–H groups in total. The minimum atomic E-state index is -0.399. The van der Waals surface area contributed by atoms with Crippen molar-refractivity contribution in [1.82, 2.24) is 5.32 Å².